The van der Waals surface area contributed by atoms with Crippen LogP contribution in [-0.2, 0) is 0 Å². The van der Waals surface area contributed by atoms with E-state index in [1.807, 2.05) is 20.8 Å². The summed E-state index contributed by atoms with van der Waals surface area (Å²) >= 11 is 6.05. The van der Waals surface area contributed by atoms with E-state index >= 15 is 0 Å². The number of aliphatic imine (C=N–C) groups is 1. The summed E-state index contributed by atoms with van der Waals surface area (Å²) < 4.78 is 14.5. The molecule has 1 rings (SSSR count). The molecule has 5 heteroatoms. The van der Waals surface area contributed by atoms with Gasteiger partial charge in [0.25, 0.3) is 0 Å². The van der Waals surface area contributed by atoms with Gasteiger partial charge in [0, 0.05) is 11.8 Å². The molecule has 0 heterocycles. The van der Waals surface area contributed by atoms with E-state index in [4.69, 9.17) is 11.6 Å². The average Bonchev–Trinajstić information content (AvgIpc) is 2.49. The Hall–Kier alpha value is -1.81. The summed E-state index contributed by atoms with van der Waals surface area (Å²) in [4.78, 5) is 4.27. The summed E-state index contributed by atoms with van der Waals surface area (Å²) in [7, 11) is 0. The normalized spacial score (nSPS) is 13.8. The molecule has 1 atom stereocenters. The van der Waals surface area contributed by atoms with Gasteiger partial charge in [-0.05, 0) is 37.0 Å². The molecule has 3 nitrogen and oxygen atoms in total. The molecule has 0 aliphatic carbocycles. The molecular weight excluding hydrogens is 315 g/mol. The fourth-order valence-corrected chi connectivity index (χ4v) is 2.04. The molecule has 0 spiro atoms. The number of phenols is 1. The van der Waals surface area contributed by atoms with Gasteiger partial charge < -0.3 is 10.4 Å². The molecule has 0 aliphatic rings. The van der Waals surface area contributed by atoms with Gasteiger partial charge in [-0.3, -0.25) is 0 Å². The maximum atomic E-state index is 14.5. The van der Waals surface area contributed by atoms with Crippen molar-refractivity contribution in [3.05, 3.63) is 47.4 Å². The number of halogens is 2. The minimum atomic E-state index is -0.444. The smallest absolute Gasteiger partial charge is 0.166 e. The number of hydrogen-bond acceptors (Lipinski definition) is 2. The van der Waals surface area contributed by atoms with Crippen molar-refractivity contribution in [1.82, 2.24) is 5.32 Å². The van der Waals surface area contributed by atoms with Crippen LogP contribution in [0.4, 0.5) is 10.1 Å². The van der Waals surface area contributed by atoms with Gasteiger partial charge >= 0.3 is 0 Å². The zero-order valence-corrected chi connectivity index (χ0v) is 14.6. The van der Waals surface area contributed by atoms with Gasteiger partial charge in [-0.15, -0.1) is 0 Å². The Labute approximate surface area is 142 Å². The monoisotopic (exact) mass is 338 g/mol. The van der Waals surface area contributed by atoms with Crippen LogP contribution in [0.1, 0.15) is 40.0 Å². The molecule has 0 aliphatic heterocycles. The molecule has 1 unspecified atom stereocenters. The summed E-state index contributed by atoms with van der Waals surface area (Å²) in [6.07, 6.45) is 3.98. The fourth-order valence-electron chi connectivity index (χ4n) is 1.83. The van der Waals surface area contributed by atoms with Crippen molar-refractivity contribution in [2.24, 2.45) is 10.9 Å². The van der Waals surface area contributed by atoms with Crippen molar-refractivity contribution in [2.75, 3.05) is 0 Å². The van der Waals surface area contributed by atoms with E-state index in [0.717, 1.165) is 19.3 Å². The highest BCUT2D eigenvalue weighted by Crippen LogP contribution is 2.29. The van der Waals surface area contributed by atoms with Crippen molar-refractivity contribution in [1.29, 1.82) is 0 Å². The number of benzene rings is 1. The number of hydrogen-bond donors (Lipinski definition) is 2. The van der Waals surface area contributed by atoms with Gasteiger partial charge in [-0.2, -0.15) is 0 Å². The van der Waals surface area contributed by atoms with Crippen molar-refractivity contribution in [3.8, 4) is 5.75 Å². The zero-order chi connectivity index (χ0) is 17.4. The molecule has 23 heavy (non-hydrogen) atoms. The van der Waals surface area contributed by atoms with Crippen LogP contribution in [0.15, 0.2) is 47.4 Å². The van der Waals surface area contributed by atoms with E-state index in [0.29, 0.717) is 11.4 Å². The van der Waals surface area contributed by atoms with Gasteiger partial charge in [-0.25, -0.2) is 9.38 Å². The summed E-state index contributed by atoms with van der Waals surface area (Å²) in [5.74, 6) is -0.233. The highest BCUT2D eigenvalue weighted by Gasteiger charge is 2.11. The molecule has 0 aromatic heterocycles. The molecule has 0 saturated carbocycles. The van der Waals surface area contributed by atoms with E-state index in [1.54, 1.807) is 6.07 Å². The average molecular weight is 339 g/mol. The minimum absolute atomic E-state index is 0.0365. The van der Waals surface area contributed by atoms with Gasteiger partial charge in [0.1, 0.15) is 5.75 Å². The van der Waals surface area contributed by atoms with E-state index in [1.165, 1.54) is 18.2 Å². The Balaban J connectivity index is 3.19. The lowest BCUT2D eigenvalue weighted by Gasteiger charge is -2.12. The van der Waals surface area contributed by atoms with E-state index in [-0.39, 0.29) is 22.5 Å². The number of nitrogens with one attached hydrogen (secondary N) is 1. The van der Waals surface area contributed by atoms with Crippen molar-refractivity contribution in [3.63, 3.8) is 0 Å². The van der Waals surface area contributed by atoms with Crippen LogP contribution in [-0.4, -0.2) is 10.9 Å². The van der Waals surface area contributed by atoms with Crippen LogP contribution in [0.3, 0.4) is 0 Å². The molecule has 1 aromatic rings. The van der Waals surface area contributed by atoms with E-state index in [2.05, 4.69) is 16.9 Å². The first-order chi connectivity index (χ1) is 10.9. The topological polar surface area (TPSA) is 44.6 Å². The van der Waals surface area contributed by atoms with Gasteiger partial charge in [-0.1, -0.05) is 45.4 Å². The molecule has 0 fully saturated rings. The Kier molecular flexibility index (Phi) is 7.83. The van der Waals surface area contributed by atoms with Crippen molar-refractivity contribution < 1.29 is 9.50 Å². The Morgan fingerprint density at radius 2 is 2.17 bits per heavy atom. The molecule has 0 bridgehead atoms. The van der Waals surface area contributed by atoms with Crippen LogP contribution >= 0.6 is 11.6 Å². The first-order valence-corrected chi connectivity index (χ1v) is 8.14. The fraction of sp³-hybridized carbons (Fsp3) is 0.389. The van der Waals surface area contributed by atoms with Crippen molar-refractivity contribution in [2.45, 2.75) is 40.0 Å². The standard InChI is InChI=1S/C18H24ClFN2O/c1-5-7-13(4)21-18(16(20)10-12(3)6-2)22-17-9-8-14(23)11-15(17)19/h8-12,23H,4-7H2,1-3H3,(H,21,22)/b16-10+. The molecule has 0 amide bonds. The maximum absolute atomic E-state index is 14.5. The molecule has 0 saturated heterocycles. The zero-order valence-electron chi connectivity index (χ0n) is 13.9. The van der Waals surface area contributed by atoms with Crippen LogP contribution < -0.4 is 5.32 Å². The highest BCUT2D eigenvalue weighted by atomic mass is 35.5. The second kappa shape index (κ2) is 9.36. The number of phenolic OH excluding ortho intramolecular Hbond substituents is 1. The number of amidine groups is 1. The Morgan fingerprint density at radius 3 is 2.74 bits per heavy atom. The summed E-state index contributed by atoms with van der Waals surface area (Å²) in [5, 5.41) is 12.6. The lowest BCUT2D eigenvalue weighted by Crippen LogP contribution is -2.23. The Morgan fingerprint density at radius 1 is 1.48 bits per heavy atom. The summed E-state index contributed by atoms with van der Waals surface area (Å²) in [6, 6.07) is 4.37. The summed E-state index contributed by atoms with van der Waals surface area (Å²) in [6.45, 7) is 9.83. The van der Waals surface area contributed by atoms with E-state index < -0.39 is 5.83 Å². The van der Waals surface area contributed by atoms with Gasteiger partial charge in [0.05, 0.1) is 10.7 Å². The second-order valence-electron chi connectivity index (χ2n) is 5.47. The van der Waals surface area contributed by atoms with Gasteiger partial charge in [0.2, 0.25) is 0 Å². The largest absolute Gasteiger partial charge is 0.508 e. The van der Waals surface area contributed by atoms with Crippen LogP contribution in [0.25, 0.3) is 0 Å². The first-order valence-electron chi connectivity index (χ1n) is 7.77. The predicted molar refractivity (Wildman–Crippen MR) is 96.0 cm³/mol. The number of nitrogens with zero attached hydrogens (tertiary/aromatic N) is 1. The summed E-state index contributed by atoms with van der Waals surface area (Å²) in [5.41, 5.74) is 1.07. The molecule has 2 N–H and O–H groups in total. The number of allylic oxidation sites excluding steroid dienone is 2. The Bertz CT molecular complexity index is 611. The van der Waals surface area contributed by atoms with Crippen LogP contribution in [0, 0.1) is 5.92 Å². The molecular formula is C18H24ClFN2O. The predicted octanol–water partition coefficient (Wildman–Crippen LogP) is 5.88. The highest BCUT2D eigenvalue weighted by molar-refractivity contribution is 6.33. The molecule has 1 aromatic carbocycles. The maximum Gasteiger partial charge on any atom is 0.166 e. The SMILES string of the molecule is C=C(CCC)NC(=Nc1ccc(O)cc1Cl)/C(F)=C\C(C)CC. The lowest BCUT2D eigenvalue weighted by atomic mass is 10.1. The third-order valence-electron chi connectivity index (χ3n) is 3.31. The first kappa shape index (κ1) is 19.2. The van der Waals surface area contributed by atoms with E-state index in [9.17, 15) is 9.50 Å². The molecule has 126 valence electrons. The third-order valence-corrected chi connectivity index (χ3v) is 3.61. The third kappa shape index (κ3) is 6.45. The number of rotatable bonds is 7. The van der Waals surface area contributed by atoms with Crippen LogP contribution in [0.5, 0.6) is 5.75 Å². The second-order valence-corrected chi connectivity index (χ2v) is 5.88. The minimum Gasteiger partial charge on any atom is -0.508 e. The van der Waals surface area contributed by atoms with Crippen LogP contribution in [0.2, 0.25) is 5.02 Å². The number of aromatic hydroxyl groups is 1. The molecule has 0 radical (unpaired) electrons. The van der Waals surface area contributed by atoms with Gasteiger partial charge in [0.15, 0.2) is 11.7 Å². The quantitative estimate of drug-likeness (QED) is 0.481. The lowest BCUT2D eigenvalue weighted by molar-refractivity contribution is 0.475. The van der Waals surface area contributed by atoms with Crippen molar-refractivity contribution >= 4 is 23.1 Å².